The van der Waals surface area contributed by atoms with Gasteiger partial charge in [-0.2, -0.15) is 16.8 Å². The van der Waals surface area contributed by atoms with E-state index in [4.69, 9.17) is 4.55 Å². The van der Waals surface area contributed by atoms with Crippen molar-refractivity contribution in [2.45, 2.75) is 0 Å². The van der Waals surface area contributed by atoms with E-state index >= 15 is 0 Å². The van der Waals surface area contributed by atoms with E-state index < -0.39 is 26.3 Å². The molecule has 0 heterocycles. The number of rotatable bonds is 5. The molecule has 0 aliphatic rings. The van der Waals surface area contributed by atoms with Gasteiger partial charge in [0.1, 0.15) is 0 Å². The molecule has 0 saturated carbocycles. The maximum Gasteiger partial charge on any atom is 1.00 e. The van der Waals surface area contributed by atoms with Gasteiger partial charge in [-0.3, -0.25) is 4.55 Å². The third kappa shape index (κ3) is 10.7. The molecule has 0 amide bonds. The fourth-order valence-electron chi connectivity index (χ4n) is 0.392. The summed E-state index contributed by atoms with van der Waals surface area (Å²) in [5.41, 5.74) is 0. The van der Waals surface area contributed by atoms with Gasteiger partial charge in [-0.25, -0.2) is 0 Å². The molecule has 0 radical (unpaired) electrons. The standard InChI is InChI=1S/C3H9NO6S2.Na.H/c1-4-2-3-11(5,6)10-12(7,8)9;;/h4H,2-3H2,1H3,(H,7,8,9);;/q;+1;-1. The predicted octanol–water partition coefficient (Wildman–Crippen LogP) is -4.53. The van der Waals surface area contributed by atoms with Gasteiger partial charge in [0.25, 0.3) is 10.1 Å². The minimum atomic E-state index is -4.93. The van der Waals surface area contributed by atoms with E-state index in [1.54, 1.807) is 0 Å². The first kappa shape index (κ1) is 16.2. The summed E-state index contributed by atoms with van der Waals surface area (Å²) in [7, 11) is -7.64. The molecule has 0 rings (SSSR count). The smallest absolute Gasteiger partial charge is 1.00 e. The molecule has 0 spiro atoms. The average Bonchev–Trinajstić information content (AvgIpc) is 1.78. The maximum atomic E-state index is 10.6. The van der Waals surface area contributed by atoms with Crippen molar-refractivity contribution in [3.63, 3.8) is 0 Å². The molecule has 0 bridgehead atoms. The molecule has 0 aromatic carbocycles. The number of hydrogen-bond donors (Lipinski definition) is 2. The van der Waals surface area contributed by atoms with E-state index in [1.165, 1.54) is 7.05 Å². The summed E-state index contributed by atoms with van der Waals surface area (Å²) in [5.74, 6) is -0.525. The summed E-state index contributed by atoms with van der Waals surface area (Å²) in [6, 6.07) is 0. The molecule has 0 aliphatic carbocycles. The summed E-state index contributed by atoms with van der Waals surface area (Å²) in [6.07, 6.45) is 0. The Hall–Kier alpha value is 0.780. The van der Waals surface area contributed by atoms with Crippen molar-refractivity contribution in [1.29, 1.82) is 0 Å². The molecular formula is C3H10NNaO6S2. The van der Waals surface area contributed by atoms with Gasteiger partial charge in [0.05, 0.1) is 5.75 Å². The average molecular weight is 243 g/mol. The van der Waals surface area contributed by atoms with Gasteiger partial charge in [-0.05, 0) is 7.05 Å². The van der Waals surface area contributed by atoms with Crippen LogP contribution in [0.15, 0.2) is 0 Å². The Morgan fingerprint density at radius 3 is 2.15 bits per heavy atom. The van der Waals surface area contributed by atoms with Crippen LogP contribution in [0, 0.1) is 0 Å². The second-order valence-electron chi connectivity index (χ2n) is 1.86. The minimum Gasteiger partial charge on any atom is -1.00 e. The second kappa shape index (κ2) is 6.30. The van der Waals surface area contributed by atoms with E-state index in [1.807, 2.05) is 0 Å². The van der Waals surface area contributed by atoms with Crippen LogP contribution in [0.4, 0.5) is 0 Å². The van der Waals surface area contributed by atoms with E-state index in [0.717, 1.165) is 0 Å². The Kier molecular flexibility index (Phi) is 7.86. The molecule has 13 heavy (non-hydrogen) atoms. The molecule has 7 nitrogen and oxygen atoms in total. The molecule has 0 aliphatic heterocycles. The monoisotopic (exact) mass is 243 g/mol. The fourth-order valence-corrected chi connectivity index (χ4v) is 2.17. The Balaban J connectivity index is -0.000000605. The van der Waals surface area contributed by atoms with Crippen LogP contribution in [0.2, 0.25) is 0 Å². The van der Waals surface area contributed by atoms with Crippen LogP contribution in [0.25, 0.3) is 0 Å². The molecule has 2 N–H and O–H groups in total. The van der Waals surface area contributed by atoms with Crippen LogP contribution in [0.3, 0.4) is 0 Å². The topological polar surface area (TPSA) is 110 Å². The van der Waals surface area contributed by atoms with E-state index in [2.05, 4.69) is 8.95 Å². The van der Waals surface area contributed by atoms with Crippen LogP contribution in [-0.2, 0) is 24.1 Å². The summed E-state index contributed by atoms with van der Waals surface area (Å²) in [6.45, 7) is 0.0395. The van der Waals surface area contributed by atoms with Crippen LogP contribution < -0.4 is 34.9 Å². The van der Waals surface area contributed by atoms with Crippen molar-refractivity contribution < 1.29 is 56.0 Å². The van der Waals surface area contributed by atoms with Crippen LogP contribution in [0.5, 0.6) is 0 Å². The van der Waals surface area contributed by atoms with Gasteiger partial charge in [0.2, 0.25) is 0 Å². The molecule has 10 heteroatoms. The number of nitrogens with one attached hydrogen (secondary N) is 1. The van der Waals surface area contributed by atoms with Gasteiger partial charge in [-0.15, -0.1) is 3.63 Å². The third-order valence-electron chi connectivity index (χ3n) is 0.792. The third-order valence-corrected chi connectivity index (χ3v) is 3.01. The minimum absolute atomic E-state index is 0. The zero-order valence-corrected chi connectivity index (χ0v) is 10.9. The first-order chi connectivity index (χ1) is 5.27. The Morgan fingerprint density at radius 1 is 1.38 bits per heavy atom. The summed E-state index contributed by atoms with van der Waals surface area (Å²) < 4.78 is 52.5. The van der Waals surface area contributed by atoms with Crippen molar-refractivity contribution in [2.75, 3.05) is 19.3 Å². The quantitative estimate of drug-likeness (QED) is 0.370. The molecular weight excluding hydrogens is 233 g/mol. The summed E-state index contributed by atoms with van der Waals surface area (Å²) in [5, 5.41) is 2.47. The zero-order valence-electron chi connectivity index (χ0n) is 8.22. The molecule has 0 aromatic heterocycles. The predicted molar refractivity (Wildman–Crippen MR) is 41.5 cm³/mol. The molecule has 76 valence electrons. The van der Waals surface area contributed by atoms with Gasteiger partial charge in [0, 0.05) is 6.54 Å². The number of hydrogen-bond acceptors (Lipinski definition) is 6. The Bertz CT molecular complexity index is 325. The van der Waals surface area contributed by atoms with Gasteiger partial charge in [0.15, 0.2) is 0 Å². The van der Waals surface area contributed by atoms with Crippen molar-refractivity contribution >= 4 is 20.5 Å². The largest absolute Gasteiger partial charge is 1.00 e. The van der Waals surface area contributed by atoms with Crippen molar-refractivity contribution in [3.8, 4) is 0 Å². The van der Waals surface area contributed by atoms with Crippen LogP contribution in [-0.4, -0.2) is 40.7 Å². The molecule has 0 saturated heterocycles. The Morgan fingerprint density at radius 2 is 1.85 bits per heavy atom. The molecule has 0 atom stereocenters. The van der Waals surface area contributed by atoms with Crippen molar-refractivity contribution in [2.24, 2.45) is 0 Å². The second-order valence-corrected chi connectivity index (χ2v) is 4.78. The Labute approximate surface area is 101 Å². The SMILES string of the molecule is CNCCS(=O)(=O)OS(=O)(=O)O.[H-].[Na+]. The fraction of sp³-hybridized carbons (Fsp3) is 1.00. The maximum absolute atomic E-state index is 10.6. The van der Waals surface area contributed by atoms with Crippen LogP contribution >= 0.6 is 0 Å². The zero-order chi connectivity index (χ0) is 9.83. The van der Waals surface area contributed by atoms with Gasteiger partial charge >= 0.3 is 40.0 Å². The molecule has 0 unspecified atom stereocenters. The van der Waals surface area contributed by atoms with Gasteiger partial charge < -0.3 is 6.74 Å². The van der Waals surface area contributed by atoms with Crippen molar-refractivity contribution in [3.05, 3.63) is 0 Å². The first-order valence-electron chi connectivity index (χ1n) is 2.82. The first-order valence-corrected chi connectivity index (χ1v) is 5.77. The van der Waals surface area contributed by atoms with Gasteiger partial charge in [-0.1, -0.05) is 0 Å². The van der Waals surface area contributed by atoms with E-state index in [9.17, 15) is 16.8 Å². The molecule has 0 aromatic rings. The van der Waals surface area contributed by atoms with Crippen molar-refractivity contribution in [1.82, 2.24) is 5.32 Å². The summed E-state index contributed by atoms with van der Waals surface area (Å²) in [4.78, 5) is 0. The summed E-state index contributed by atoms with van der Waals surface area (Å²) >= 11 is 0. The van der Waals surface area contributed by atoms with E-state index in [-0.39, 0.29) is 37.5 Å². The van der Waals surface area contributed by atoms with Crippen LogP contribution in [0.1, 0.15) is 1.43 Å². The normalized spacial score (nSPS) is 12.2. The molecule has 0 fully saturated rings. The van der Waals surface area contributed by atoms with E-state index in [0.29, 0.717) is 0 Å².